The van der Waals surface area contributed by atoms with Crippen LogP contribution in [0.2, 0.25) is 5.02 Å². The van der Waals surface area contributed by atoms with Crippen molar-refractivity contribution in [1.29, 1.82) is 0 Å². The largest absolute Gasteiger partial charge is 0.379 e. The van der Waals surface area contributed by atoms with Crippen LogP contribution in [0.5, 0.6) is 0 Å². The number of halogens is 1. The molecule has 4 heteroatoms. The van der Waals surface area contributed by atoms with Crippen LogP contribution >= 0.6 is 11.6 Å². The Morgan fingerprint density at radius 1 is 1.29 bits per heavy atom. The van der Waals surface area contributed by atoms with Gasteiger partial charge >= 0.3 is 0 Å². The molecule has 0 amide bonds. The molecule has 0 saturated carbocycles. The van der Waals surface area contributed by atoms with E-state index in [1.165, 1.54) is 11.1 Å². The average Bonchev–Trinajstić information content (AvgIpc) is 2.74. The molecule has 0 radical (unpaired) electrons. The van der Waals surface area contributed by atoms with Crippen LogP contribution in [0.25, 0.3) is 10.9 Å². The van der Waals surface area contributed by atoms with Gasteiger partial charge in [0.05, 0.1) is 23.8 Å². The molecule has 3 rings (SSSR count). The van der Waals surface area contributed by atoms with Crippen LogP contribution in [-0.4, -0.2) is 36.2 Å². The second-order valence-electron chi connectivity index (χ2n) is 4.39. The summed E-state index contributed by atoms with van der Waals surface area (Å²) in [4.78, 5) is 5.79. The van der Waals surface area contributed by atoms with Crippen LogP contribution in [0.3, 0.4) is 0 Å². The molecule has 1 fully saturated rings. The number of hydrogen-bond donors (Lipinski definition) is 1. The fraction of sp³-hybridized carbons (Fsp3) is 0.385. The number of rotatable bonds is 2. The first-order valence-electron chi connectivity index (χ1n) is 5.89. The Morgan fingerprint density at radius 2 is 2.12 bits per heavy atom. The monoisotopic (exact) mass is 250 g/mol. The summed E-state index contributed by atoms with van der Waals surface area (Å²) in [6.45, 7) is 4.61. The van der Waals surface area contributed by atoms with Crippen LogP contribution in [0, 0.1) is 0 Å². The molecular weight excluding hydrogens is 236 g/mol. The standard InChI is InChI=1S/C13H15ClN2O/c14-12-3-1-2-10-8-11(15-13(10)12)9-16-4-6-17-7-5-16/h1-3,8,15H,4-7,9H2. The van der Waals surface area contributed by atoms with Crippen molar-refractivity contribution in [2.45, 2.75) is 6.54 Å². The van der Waals surface area contributed by atoms with E-state index >= 15 is 0 Å². The highest BCUT2D eigenvalue weighted by molar-refractivity contribution is 6.35. The molecule has 1 aromatic carbocycles. The van der Waals surface area contributed by atoms with Crippen LogP contribution in [0.15, 0.2) is 24.3 Å². The van der Waals surface area contributed by atoms with Gasteiger partial charge in [0, 0.05) is 30.7 Å². The number of fused-ring (bicyclic) bond motifs is 1. The quantitative estimate of drug-likeness (QED) is 0.888. The minimum absolute atomic E-state index is 0.788. The zero-order valence-corrected chi connectivity index (χ0v) is 10.3. The Labute approximate surface area is 105 Å². The maximum Gasteiger partial charge on any atom is 0.0647 e. The predicted octanol–water partition coefficient (Wildman–Crippen LogP) is 2.65. The van der Waals surface area contributed by atoms with Crippen molar-refractivity contribution in [3.05, 3.63) is 35.0 Å². The fourth-order valence-electron chi connectivity index (χ4n) is 2.26. The lowest BCUT2D eigenvalue weighted by Crippen LogP contribution is -2.35. The van der Waals surface area contributed by atoms with Gasteiger partial charge in [-0.2, -0.15) is 0 Å². The van der Waals surface area contributed by atoms with E-state index in [0.717, 1.165) is 43.4 Å². The van der Waals surface area contributed by atoms with E-state index in [1.54, 1.807) is 0 Å². The van der Waals surface area contributed by atoms with Crippen molar-refractivity contribution in [1.82, 2.24) is 9.88 Å². The maximum absolute atomic E-state index is 6.15. The molecule has 2 heterocycles. The van der Waals surface area contributed by atoms with Gasteiger partial charge in [0.2, 0.25) is 0 Å². The molecule has 0 spiro atoms. The molecule has 0 atom stereocenters. The van der Waals surface area contributed by atoms with Gasteiger partial charge in [0.1, 0.15) is 0 Å². The number of aromatic nitrogens is 1. The highest BCUT2D eigenvalue weighted by Crippen LogP contribution is 2.24. The van der Waals surface area contributed by atoms with E-state index in [2.05, 4.69) is 22.0 Å². The van der Waals surface area contributed by atoms with Gasteiger partial charge in [-0.15, -0.1) is 0 Å². The number of hydrogen-bond acceptors (Lipinski definition) is 2. The summed E-state index contributed by atoms with van der Waals surface area (Å²) in [7, 11) is 0. The summed E-state index contributed by atoms with van der Waals surface area (Å²) in [6, 6.07) is 8.16. The molecule has 17 heavy (non-hydrogen) atoms. The minimum atomic E-state index is 0.788. The van der Waals surface area contributed by atoms with Crippen LogP contribution in [0.4, 0.5) is 0 Å². The van der Waals surface area contributed by atoms with Crippen molar-refractivity contribution in [3.63, 3.8) is 0 Å². The third kappa shape index (κ3) is 2.32. The zero-order valence-electron chi connectivity index (χ0n) is 9.58. The summed E-state index contributed by atoms with van der Waals surface area (Å²) in [5.41, 5.74) is 2.26. The molecule has 1 N–H and O–H groups in total. The molecule has 1 aliphatic rings. The number of morpholine rings is 1. The van der Waals surface area contributed by atoms with Gasteiger partial charge in [0.15, 0.2) is 0 Å². The lowest BCUT2D eigenvalue weighted by Gasteiger charge is -2.25. The Hall–Kier alpha value is -1.03. The summed E-state index contributed by atoms with van der Waals surface area (Å²) < 4.78 is 5.34. The normalized spacial score (nSPS) is 17.7. The van der Waals surface area contributed by atoms with E-state index in [0.29, 0.717) is 0 Å². The van der Waals surface area contributed by atoms with Crippen LogP contribution < -0.4 is 0 Å². The summed E-state index contributed by atoms with van der Waals surface area (Å²) >= 11 is 6.15. The zero-order chi connectivity index (χ0) is 11.7. The second kappa shape index (κ2) is 4.69. The summed E-state index contributed by atoms with van der Waals surface area (Å²) in [5, 5.41) is 1.97. The third-order valence-corrected chi connectivity index (χ3v) is 3.47. The van der Waals surface area contributed by atoms with Gasteiger partial charge in [-0.3, -0.25) is 4.90 Å². The average molecular weight is 251 g/mol. The molecule has 2 aromatic rings. The second-order valence-corrected chi connectivity index (χ2v) is 4.79. The number of nitrogens with zero attached hydrogens (tertiary/aromatic N) is 1. The SMILES string of the molecule is Clc1cccc2cc(CN3CCOCC3)[nH]c12. The molecular formula is C13H15ClN2O. The van der Waals surface area contributed by atoms with Gasteiger partial charge in [-0.05, 0) is 12.1 Å². The molecule has 3 nitrogen and oxygen atoms in total. The molecule has 1 saturated heterocycles. The van der Waals surface area contributed by atoms with E-state index in [9.17, 15) is 0 Å². The van der Waals surface area contributed by atoms with Crippen molar-refractivity contribution in [2.75, 3.05) is 26.3 Å². The van der Waals surface area contributed by atoms with Crippen molar-refractivity contribution < 1.29 is 4.74 Å². The first kappa shape index (κ1) is 11.1. The van der Waals surface area contributed by atoms with Crippen molar-refractivity contribution >= 4 is 22.5 Å². The van der Waals surface area contributed by atoms with E-state index in [1.807, 2.05) is 12.1 Å². The number of nitrogens with one attached hydrogen (secondary N) is 1. The van der Waals surface area contributed by atoms with Gasteiger partial charge in [-0.25, -0.2) is 0 Å². The Bertz CT molecular complexity index is 517. The van der Waals surface area contributed by atoms with E-state index in [4.69, 9.17) is 16.3 Å². The van der Waals surface area contributed by atoms with Crippen molar-refractivity contribution in [3.8, 4) is 0 Å². The third-order valence-electron chi connectivity index (χ3n) is 3.16. The first-order chi connectivity index (χ1) is 8.33. The minimum Gasteiger partial charge on any atom is -0.379 e. The Balaban J connectivity index is 1.83. The number of benzene rings is 1. The smallest absolute Gasteiger partial charge is 0.0647 e. The summed E-state index contributed by atoms with van der Waals surface area (Å²) in [6.07, 6.45) is 0. The van der Waals surface area contributed by atoms with Gasteiger partial charge in [0.25, 0.3) is 0 Å². The van der Waals surface area contributed by atoms with E-state index < -0.39 is 0 Å². The maximum atomic E-state index is 6.15. The highest BCUT2D eigenvalue weighted by Gasteiger charge is 2.12. The number of ether oxygens (including phenoxy) is 1. The number of aromatic amines is 1. The van der Waals surface area contributed by atoms with Gasteiger partial charge in [-0.1, -0.05) is 23.7 Å². The number of para-hydroxylation sites is 1. The molecule has 0 unspecified atom stereocenters. The Morgan fingerprint density at radius 3 is 2.88 bits per heavy atom. The molecule has 0 bridgehead atoms. The molecule has 90 valence electrons. The molecule has 0 aliphatic carbocycles. The molecule has 1 aliphatic heterocycles. The predicted molar refractivity (Wildman–Crippen MR) is 69.4 cm³/mol. The fourth-order valence-corrected chi connectivity index (χ4v) is 2.49. The summed E-state index contributed by atoms with van der Waals surface area (Å²) in [5.74, 6) is 0. The first-order valence-corrected chi connectivity index (χ1v) is 6.27. The topological polar surface area (TPSA) is 28.3 Å². The van der Waals surface area contributed by atoms with Crippen LogP contribution in [-0.2, 0) is 11.3 Å². The highest BCUT2D eigenvalue weighted by atomic mass is 35.5. The van der Waals surface area contributed by atoms with E-state index in [-0.39, 0.29) is 0 Å². The van der Waals surface area contributed by atoms with Gasteiger partial charge < -0.3 is 9.72 Å². The van der Waals surface area contributed by atoms with Crippen molar-refractivity contribution in [2.24, 2.45) is 0 Å². The lowest BCUT2D eigenvalue weighted by molar-refractivity contribution is 0.0337. The lowest BCUT2D eigenvalue weighted by atomic mass is 10.2. The van der Waals surface area contributed by atoms with Crippen LogP contribution in [0.1, 0.15) is 5.69 Å². The number of H-pyrrole nitrogens is 1. The Kier molecular flexibility index (Phi) is 3.05. The molecule has 1 aromatic heterocycles.